The Labute approximate surface area is 144 Å². The van der Waals surface area contributed by atoms with E-state index in [9.17, 15) is 19.2 Å². The van der Waals surface area contributed by atoms with E-state index in [0.717, 1.165) is 30.6 Å². The number of fused-ring (bicyclic) bond motifs is 1. The van der Waals surface area contributed by atoms with Gasteiger partial charge in [-0.3, -0.25) is 29.4 Å². The highest BCUT2D eigenvalue weighted by atomic mass is 16.5. The monoisotopic (exact) mass is 342 g/mol. The first kappa shape index (κ1) is 15.8. The first-order valence-electron chi connectivity index (χ1n) is 8.57. The highest BCUT2D eigenvalue weighted by molar-refractivity contribution is 6.24. The molecule has 1 saturated heterocycles. The van der Waals surface area contributed by atoms with Gasteiger partial charge in [-0.15, -0.1) is 0 Å². The van der Waals surface area contributed by atoms with Crippen molar-refractivity contribution in [1.29, 1.82) is 0 Å². The summed E-state index contributed by atoms with van der Waals surface area (Å²) in [6.07, 6.45) is 4.36. The molecule has 0 bridgehead atoms. The number of nitrogens with zero attached hydrogens (tertiary/aromatic N) is 1. The molecule has 1 aromatic rings. The molecule has 1 saturated carbocycles. The van der Waals surface area contributed by atoms with Crippen LogP contribution in [-0.4, -0.2) is 40.7 Å². The lowest BCUT2D eigenvalue weighted by Crippen LogP contribution is -2.54. The summed E-state index contributed by atoms with van der Waals surface area (Å²) in [4.78, 5) is 50.0. The number of benzene rings is 1. The van der Waals surface area contributed by atoms with Crippen LogP contribution in [0.4, 0.5) is 0 Å². The molecular formula is C18H18N2O5. The van der Waals surface area contributed by atoms with Gasteiger partial charge in [-0.2, -0.15) is 0 Å². The number of carbonyl (C=O) groups excluding carboxylic acids is 4. The number of nitrogens with one attached hydrogen (secondary N) is 1. The Morgan fingerprint density at radius 2 is 1.76 bits per heavy atom. The molecule has 3 aliphatic rings. The Balaban J connectivity index is 1.65. The van der Waals surface area contributed by atoms with Crippen LogP contribution in [0.3, 0.4) is 0 Å². The number of ether oxygens (including phenoxy) is 1. The SMILES string of the molecule is O=C1CCC(N2C(=O)c3cccc(OC4CCCC4)c3C2=O)C(=O)N1. The van der Waals surface area contributed by atoms with Crippen molar-refractivity contribution >= 4 is 23.6 Å². The average Bonchev–Trinajstić information content (AvgIpc) is 3.17. The molecule has 1 atom stereocenters. The highest BCUT2D eigenvalue weighted by Crippen LogP contribution is 2.35. The summed E-state index contributed by atoms with van der Waals surface area (Å²) in [5.74, 6) is -1.63. The summed E-state index contributed by atoms with van der Waals surface area (Å²) in [5, 5.41) is 2.19. The summed E-state index contributed by atoms with van der Waals surface area (Å²) in [6, 6.07) is 3.99. The molecule has 25 heavy (non-hydrogen) atoms. The first-order valence-corrected chi connectivity index (χ1v) is 8.57. The molecule has 2 fully saturated rings. The second-order valence-corrected chi connectivity index (χ2v) is 6.65. The molecule has 4 rings (SSSR count). The standard InChI is InChI=1S/C18H18N2O5/c21-14-9-8-12(16(22)19-14)20-17(23)11-6-3-7-13(15(11)18(20)24)25-10-4-1-2-5-10/h3,6-7,10,12H,1-2,4-5,8-9H2,(H,19,21,22). The van der Waals surface area contributed by atoms with E-state index in [1.807, 2.05) is 0 Å². The normalized spacial score (nSPS) is 23.8. The fraction of sp³-hybridized carbons (Fsp3) is 0.444. The molecule has 0 aromatic heterocycles. The van der Waals surface area contributed by atoms with Crippen molar-refractivity contribution in [2.75, 3.05) is 0 Å². The van der Waals surface area contributed by atoms with Crippen molar-refractivity contribution in [3.63, 3.8) is 0 Å². The van der Waals surface area contributed by atoms with E-state index in [4.69, 9.17) is 4.74 Å². The third-order valence-corrected chi connectivity index (χ3v) is 5.03. The predicted octanol–water partition coefficient (Wildman–Crippen LogP) is 1.41. The summed E-state index contributed by atoms with van der Waals surface area (Å²) < 4.78 is 5.96. The van der Waals surface area contributed by atoms with Gasteiger partial charge >= 0.3 is 0 Å². The van der Waals surface area contributed by atoms with Gasteiger partial charge in [-0.25, -0.2) is 0 Å². The molecule has 0 spiro atoms. The van der Waals surface area contributed by atoms with E-state index in [-0.39, 0.29) is 36.0 Å². The first-order chi connectivity index (χ1) is 12.1. The molecule has 7 heteroatoms. The van der Waals surface area contributed by atoms with Crippen LogP contribution in [0.5, 0.6) is 5.75 Å². The molecule has 2 aliphatic heterocycles. The largest absolute Gasteiger partial charge is 0.490 e. The van der Waals surface area contributed by atoms with Gasteiger partial charge in [0.15, 0.2) is 0 Å². The minimum atomic E-state index is -0.954. The van der Waals surface area contributed by atoms with Crippen LogP contribution in [0.15, 0.2) is 18.2 Å². The van der Waals surface area contributed by atoms with Gasteiger partial charge in [0.25, 0.3) is 11.8 Å². The van der Waals surface area contributed by atoms with Gasteiger partial charge in [-0.1, -0.05) is 6.07 Å². The Morgan fingerprint density at radius 3 is 2.48 bits per heavy atom. The fourth-order valence-corrected chi connectivity index (χ4v) is 3.77. The molecule has 130 valence electrons. The Morgan fingerprint density at radius 1 is 1.00 bits per heavy atom. The van der Waals surface area contributed by atoms with Gasteiger partial charge in [0.1, 0.15) is 11.8 Å². The van der Waals surface area contributed by atoms with Gasteiger partial charge in [0.2, 0.25) is 11.8 Å². The minimum absolute atomic E-state index is 0.0547. The molecule has 0 radical (unpaired) electrons. The number of rotatable bonds is 3. The van der Waals surface area contributed by atoms with Crippen LogP contribution < -0.4 is 10.1 Å². The zero-order valence-corrected chi connectivity index (χ0v) is 13.6. The van der Waals surface area contributed by atoms with Gasteiger partial charge in [0, 0.05) is 6.42 Å². The predicted molar refractivity (Wildman–Crippen MR) is 86.0 cm³/mol. The fourth-order valence-electron chi connectivity index (χ4n) is 3.77. The highest BCUT2D eigenvalue weighted by Gasteiger charge is 2.46. The van der Waals surface area contributed by atoms with Crippen LogP contribution >= 0.6 is 0 Å². The topological polar surface area (TPSA) is 92.8 Å². The van der Waals surface area contributed by atoms with Crippen molar-refractivity contribution in [2.45, 2.75) is 50.7 Å². The third-order valence-electron chi connectivity index (χ3n) is 5.03. The summed E-state index contributed by atoms with van der Waals surface area (Å²) in [7, 11) is 0. The number of imide groups is 2. The molecule has 1 aromatic carbocycles. The zero-order chi connectivity index (χ0) is 17.6. The van der Waals surface area contributed by atoms with Gasteiger partial charge in [0.05, 0.1) is 17.2 Å². The zero-order valence-electron chi connectivity index (χ0n) is 13.6. The summed E-state index contributed by atoms with van der Waals surface area (Å²) in [6.45, 7) is 0. The van der Waals surface area contributed by atoms with E-state index in [1.54, 1.807) is 18.2 Å². The summed E-state index contributed by atoms with van der Waals surface area (Å²) >= 11 is 0. The van der Waals surface area contributed by atoms with Crippen LogP contribution in [-0.2, 0) is 9.59 Å². The number of carbonyl (C=O) groups is 4. The van der Waals surface area contributed by atoms with E-state index < -0.39 is 23.8 Å². The quantitative estimate of drug-likeness (QED) is 0.839. The lowest BCUT2D eigenvalue weighted by atomic mass is 10.0. The van der Waals surface area contributed by atoms with E-state index >= 15 is 0 Å². The minimum Gasteiger partial charge on any atom is -0.490 e. The van der Waals surface area contributed by atoms with Crippen molar-refractivity contribution < 1.29 is 23.9 Å². The number of hydrogen-bond acceptors (Lipinski definition) is 5. The van der Waals surface area contributed by atoms with Crippen LogP contribution in [0.2, 0.25) is 0 Å². The average molecular weight is 342 g/mol. The van der Waals surface area contributed by atoms with Gasteiger partial charge < -0.3 is 4.74 Å². The maximum Gasteiger partial charge on any atom is 0.266 e. The molecule has 1 aliphatic carbocycles. The maximum absolute atomic E-state index is 12.9. The molecule has 2 heterocycles. The van der Waals surface area contributed by atoms with Crippen molar-refractivity contribution in [3.05, 3.63) is 29.3 Å². The molecular weight excluding hydrogens is 324 g/mol. The maximum atomic E-state index is 12.9. The smallest absolute Gasteiger partial charge is 0.266 e. The second kappa shape index (κ2) is 5.98. The second-order valence-electron chi connectivity index (χ2n) is 6.65. The van der Waals surface area contributed by atoms with Gasteiger partial charge in [-0.05, 0) is 44.2 Å². The molecule has 4 amide bonds. The van der Waals surface area contributed by atoms with E-state index in [1.165, 1.54) is 0 Å². The number of amides is 4. The number of hydrogen-bond donors (Lipinski definition) is 1. The van der Waals surface area contributed by atoms with Crippen molar-refractivity contribution in [2.24, 2.45) is 0 Å². The Kier molecular flexibility index (Phi) is 3.78. The summed E-state index contributed by atoms with van der Waals surface area (Å²) in [5.41, 5.74) is 0.481. The van der Waals surface area contributed by atoms with Crippen LogP contribution in [0.25, 0.3) is 0 Å². The van der Waals surface area contributed by atoms with Crippen molar-refractivity contribution in [3.8, 4) is 5.75 Å². The molecule has 1 N–H and O–H groups in total. The third kappa shape index (κ3) is 2.59. The van der Waals surface area contributed by atoms with Crippen LogP contribution in [0, 0.1) is 0 Å². The Bertz CT molecular complexity index is 782. The van der Waals surface area contributed by atoms with Crippen LogP contribution in [0.1, 0.15) is 59.2 Å². The van der Waals surface area contributed by atoms with E-state index in [0.29, 0.717) is 5.75 Å². The van der Waals surface area contributed by atoms with Crippen molar-refractivity contribution in [1.82, 2.24) is 10.2 Å². The lowest BCUT2D eigenvalue weighted by Gasteiger charge is -2.27. The van der Waals surface area contributed by atoms with E-state index in [2.05, 4.69) is 5.32 Å². The lowest BCUT2D eigenvalue weighted by molar-refractivity contribution is -0.136. The molecule has 7 nitrogen and oxygen atoms in total. The molecule has 1 unspecified atom stereocenters. The number of piperidine rings is 1. The Hall–Kier alpha value is -2.70.